The van der Waals surface area contributed by atoms with E-state index in [4.69, 9.17) is 0 Å². The van der Waals surface area contributed by atoms with Gasteiger partial charge in [0.25, 0.3) is 0 Å². The lowest BCUT2D eigenvalue weighted by Gasteiger charge is -2.27. The molecule has 0 amide bonds. The van der Waals surface area contributed by atoms with Gasteiger partial charge in [0.15, 0.2) is 0 Å². The van der Waals surface area contributed by atoms with Gasteiger partial charge in [0.05, 0.1) is 5.69 Å². The largest absolute Gasteiger partial charge is 0.310 e. The summed E-state index contributed by atoms with van der Waals surface area (Å²) < 4.78 is 10.3. The van der Waals surface area contributed by atoms with Crippen molar-refractivity contribution in [3.8, 4) is 11.1 Å². The topological polar surface area (TPSA) is 13.0 Å². The summed E-state index contributed by atoms with van der Waals surface area (Å²) in [5.41, 5.74) is 16.2. The Kier molecular flexibility index (Phi) is 15.7. The van der Waals surface area contributed by atoms with Gasteiger partial charge in [-0.1, -0.05) is 212 Å². The summed E-state index contributed by atoms with van der Waals surface area (Å²) in [7, 11) is 0. The van der Waals surface area contributed by atoms with Crippen molar-refractivity contribution < 1.29 is 0 Å². The van der Waals surface area contributed by atoms with Gasteiger partial charge in [-0.15, -0.1) is 45.3 Å². The number of anilines is 12. The Morgan fingerprint density at radius 1 is 0.147 bits per heavy atom. The van der Waals surface area contributed by atoms with Crippen LogP contribution in [0.5, 0.6) is 0 Å². The van der Waals surface area contributed by atoms with Crippen molar-refractivity contribution in [1.82, 2.24) is 0 Å². The molecule has 482 valence electrons. The third-order valence-corrected chi connectivity index (χ3v) is 24.0. The normalized spacial score (nSPS) is 11.5. The van der Waals surface area contributed by atoms with Crippen LogP contribution in [0.15, 0.2) is 376 Å². The number of benzene rings is 16. The number of hydrogen-bond acceptors (Lipinski definition) is 8. The van der Waals surface area contributed by atoms with Crippen molar-refractivity contribution >= 4 is 205 Å². The minimum Gasteiger partial charge on any atom is -0.310 e. The van der Waals surface area contributed by atoms with Gasteiger partial charge < -0.3 is 19.6 Å². The Hall–Kier alpha value is -12.1. The van der Waals surface area contributed by atoms with Crippen LogP contribution in [0.4, 0.5) is 68.2 Å². The molecular formula is C94H62N4S4. The number of hydrogen-bond donors (Lipinski definition) is 0. The molecule has 0 bridgehead atoms. The minimum atomic E-state index is 1.13. The molecule has 0 aliphatic heterocycles. The summed E-state index contributed by atoms with van der Waals surface area (Å²) in [4.78, 5) is 9.51. The van der Waals surface area contributed by atoms with Crippen molar-refractivity contribution in [3.63, 3.8) is 0 Å². The number of para-hydroxylation sites is 4. The van der Waals surface area contributed by atoms with E-state index in [9.17, 15) is 0 Å². The average Bonchev–Trinajstić information content (AvgIpc) is 1.56. The van der Waals surface area contributed by atoms with E-state index in [1.807, 2.05) is 45.3 Å². The van der Waals surface area contributed by atoms with Gasteiger partial charge >= 0.3 is 0 Å². The number of thiophene rings is 4. The third-order valence-electron chi connectivity index (χ3n) is 19.4. The second-order valence-corrected chi connectivity index (χ2v) is 29.9. The lowest BCUT2D eigenvalue weighted by atomic mass is 10.0. The molecular weight excluding hydrogens is 1310 g/mol. The van der Waals surface area contributed by atoms with Crippen LogP contribution in [0, 0.1) is 0 Å². The van der Waals surface area contributed by atoms with E-state index >= 15 is 0 Å². The fourth-order valence-electron chi connectivity index (χ4n) is 14.7. The maximum absolute atomic E-state index is 2.44. The van der Waals surface area contributed by atoms with E-state index in [-0.39, 0.29) is 0 Å². The number of fused-ring (bicyclic) bond motifs is 13. The maximum Gasteiger partial charge on any atom is 0.0540 e. The van der Waals surface area contributed by atoms with E-state index in [0.717, 1.165) is 62.6 Å². The molecule has 0 unspecified atom stereocenters. The summed E-state index contributed by atoms with van der Waals surface area (Å²) in [6.45, 7) is 0. The molecule has 0 fully saturated rings. The molecule has 102 heavy (non-hydrogen) atoms. The molecule has 0 aliphatic rings. The lowest BCUT2D eigenvalue weighted by molar-refractivity contribution is 1.29. The highest BCUT2D eigenvalue weighted by atomic mass is 32.1. The van der Waals surface area contributed by atoms with E-state index in [0.29, 0.717) is 0 Å². The Morgan fingerprint density at radius 3 is 0.853 bits per heavy atom. The molecule has 4 aromatic heterocycles. The van der Waals surface area contributed by atoms with E-state index in [1.165, 1.54) is 108 Å². The van der Waals surface area contributed by atoms with Crippen molar-refractivity contribution in [2.45, 2.75) is 0 Å². The zero-order chi connectivity index (χ0) is 67.5. The highest BCUT2D eigenvalue weighted by Gasteiger charge is 2.23. The zero-order valence-corrected chi connectivity index (χ0v) is 58.5. The van der Waals surface area contributed by atoms with Gasteiger partial charge in [-0.25, -0.2) is 0 Å². The molecule has 0 radical (unpaired) electrons. The Labute approximate surface area is 607 Å². The second-order valence-electron chi connectivity index (χ2n) is 25.6. The molecule has 4 nitrogen and oxygen atoms in total. The summed E-state index contributed by atoms with van der Waals surface area (Å²) in [6.07, 6.45) is 0. The highest BCUT2D eigenvalue weighted by molar-refractivity contribution is 7.27. The maximum atomic E-state index is 2.44. The van der Waals surface area contributed by atoms with Crippen molar-refractivity contribution in [2.75, 3.05) is 19.6 Å². The first kappa shape index (κ1) is 61.0. The molecule has 0 atom stereocenters. The lowest BCUT2D eigenvalue weighted by Crippen LogP contribution is -2.10. The molecule has 0 spiro atoms. The van der Waals surface area contributed by atoms with Gasteiger partial charge in [-0.05, 0) is 180 Å². The monoisotopic (exact) mass is 1370 g/mol. The van der Waals surface area contributed by atoms with Gasteiger partial charge in [-0.3, -0.25) is 0 Å². The molecule has 8 heteroatoms. The van der Waals surface area contributed by atoms with Crippen molar-refractivity contribution in [1.29, 1.82) is 0 Å². The highest BCUT2D eigenvalue weighted by Crippen LogP contribution is 2.49. The average molecular weight is 1380 g/mol. The van der Waals surface area contributed by atoms with Crippen LogP contribution >= 0.6 is 45.3 Å². The Bertz CT molecular complexity index is 6380. The molecule has 0 saturated carbocycles. The summed E-state index contributed by atoms with van der Waals surface area (Å²) >= 11 is 7.44. The summed E-state index contributed by atoms with van der Waals surface area (Å²) in [5.74, 6) is 0. The second kappa shape index (κ2) is 26.2. The predicted octanol–water partition coefficient (Wildman–Crippen LogP) is 29.5. The van der Waals surface area contributed by atoms with Crippen LogP contribution in [-0.2, 0) is 0 Å². The molecule has 0 saturated heterocycles. The van der Waals surface area contributed by atoms with Crippen LogP contribution in [0.25, 0.3) is 103 Å². The first-order valence-electron chi connectivity index (χ1n) is 34.3. The standard InChI is InChI=1S/C48H32N2S2.C46H30N2S2/c1-4-12-33(13-5-1)34-20-22-37(23-21-34)50(39-24-27-42-41-18-10-11-19-45(41)51-47(42)31-39)40-25-28-43-44-30-38(26-29-46(44)52-48(43)32-40)49(35-14-6-2-7-15-35)36-16-8-3-9-17-36;1-3-14-32(15-4-1)47(33-16-5-2-6-17-33)34-24-27-44-41(28-34)40-26-23-36(30-46(40)50-44)48(42-20-11-13-31-12-7-8-18-37(31)42)35-22-25-39-38-19-9-10-21-43(38)49-45(39)29-35/h1-32H;1-30H. The first-order valence-corrected chi connectivity index (χ1v) is 37.6. The third kappa shape index (κ3) is 11.2. The van der Waals surface area contributed by atoms with Crippen LogP contribution in [0.1, 0.15) is 0 Å². The SMILES string of the molecule is c1ccc(-c2ccc(N(c3ccc4c(c3)sc3ccccc34)c3ccc4c(c3)sc3ccc(N(c5ccccc5)c5ccccc5)cc34)cc2)cc1.c1ccc(N(c2ccccc2)c2ccc3sc4cc(N(c5ccc6c(c5)sc5ccccc56)c5cccc6ccccc56)ccc4c3c2)cc1. The number of nitrogens with zero attached hydrogens (tertiary/aromatic N) is 4. The van der Waals surface area contributed by atoms with E-state index in [2.05, 4.69) is 396 Å². The summed E-state index contributed by atoms with van der Waals surface area (Å²) in [6, 6.07) is 136. The van der Waals surface area contributed by atoms with Gasteiger partial charge in [-0.2, -0.15) is 0 Å². The zero-order valence-electron chi connectivity index (χ0n) is 55.2. The minimum absolute atomic E-state index is 1.13. The van der Waals surface area contributed by atoms with E-state index < -0.39 is 0 Å². The fraction of sp³-hybridized carbons (Fsp3) is 0. The molecule has 16 aromatic carbocycles. The molecule has 4 heterocycles. The molecule has 0 N–H and O–H groups in total. The van der Waals surface area contributed by atoms with E-state index in [1.54, 1.807) is 0 Å². The van der Waals surface area contributed by atoms with Crippen molar-refractivity contribution in [3.05, 3.63) is 376 Å². The van der Waals surface area contributed by atoms with Crippen LogP contribution in [-0.4, -0.2) is 0 Å². The number of rotatable bonds is 13. The smallest absolute Gasteiger partial charge is 0.0540 e. The van der Waals surface area contributed by atoms with Crippen LogP contribution in [0.2, 0.25) is 0 Å². The molecule has 20 rings (SSSR count). The van der Waals surface area contributed by atoms with Gasteiger partial charge in [0.1, 0.15) is 0 Å². The quantitative estimate of drug-likeness (QED) is 0.114. The molecule has 0 aliphatic carbocycles. The predicted molar refractivity (Wildman–Crippen MR) is 446 cm³/mol. The first-order chi connectivity index (χ1) is 50.5. The van der Waals surface area contributed by atoms with Gasteiger partial charge in [0, 0.05) is 149 Å². The van der Waals surface area contributed by atoms with Crippen LogP contribution in [0.3, 0.4) is 0 Å². The van der Waals surface area contributed by atoms with Gasteiger partial charge in [0.2, 0.25) is 0 Å². The Balaban J connectivity index is 0.000000141. The Morgan fingerprint density at radius 2 is 0.422 bits per heavy atom. The van der Waals surface area contributed by atoms with Crippen molar-refractivity contribution in [2.24, 2.45) is 0 Å². The fourth-order valence-corrected chi connectivity index (χ4v) is 19.2. The van der Waals surface area contributed by atoms with Crippen LogP contribution < -0.4 is 19.6 Å². The molecule has 20 aromatic rings. The summed E-state index contributed by atoms with van der Waals surface area (Å²) in [5, 5.41) is 12.8.